The lowest BCUT2D eigenvalue weighted by Crippen LogP contribution is -2.32. The Hall–Kier alpha value is -2.34. The zero-order valence-electron chi connectivity index (χ0n) is 20.4. The fourth-order valence-electron chi connectivity index (χ4n) is 3.94. The van der Waals surface area contributed by atoms with Gasteiger partial charge in [-0.2, -0.15) is 4.31 Å². The van der Waals surface area contributed by atoms with Crippen LogP contribution in [0.3, 0.4) is 0 Å². The minimum atomic E-state index is -3.18. The number of nitrogens with one attached hydrogen (secondary N) is 1. The summed E-state index contributed by atoms with van der Waals surface area (Å²) in [5.41, 5.74) is 3.14. The summed E-state index contributed by atoms with van der Waals surface area (Å²) in [5, 5.41) is 3.43. The summed E-state index contributed by atoms with van der Waals surface area (Å²) in [4.78, 5) is 14.0. The zero-order valence-corrected chi connectivity index (χ0v) is 22.2. The maximum Gasteiger partial charge on any atom is 0.213 e. The molecule has 0 saturated carbocycles. The number of fused-ring (bicyclic) bond motifs is 1. The Bertz CT molecular complexity index is 1240. The second-order valence-corrected chi connectivity index (χ2v) is 17.8. The van der Waals surface area contributed by atoms with Crippen molar-refractivity contribution in [3.05, 3.63) is 36.8 Å². The number of aromatic nitrogens is 4. The van der Waals surface area contributed by atoms with Gasteiger partial charge in [0.1, 0.15) is 18.1 Å². The van der Waals surface area contributed by atoms with Crippen molar-refractivity contribution < 1.29 is 13.2 Å². The first-order valence-corrected chi connectivity index (χ1v) is 17.1. The third-order valence-corrected chi connectivity index (χ3v) is 9.58. The fraction of sp³-hybridized carbons (Fsp3) is 0.522. The summed E-state index contributed by atoms with van der Waals surface area (Å²) in [5.74, 6) is 0.804. The van der Waals surface area contributed by atoms with E-state index < -0.39 is 18.1 Å². The molecule has 11 heteroatoms. The molecular formula is C23H34N6O3SSi. The second-order valence-electron chi connectivity index (χ2n) is 9.89. The monoisotopic (exact) mass is 502 g/mol. The molecule has 1 aliphatic heterocycles. The molecule has 184 valence electrons. The van der Waals surface area contributed by atoms with Gasteiger partial charge in [-0.3, -0.25) is 0 Å². The minimum absolute atomic E-state index is 0.000979. The molecule has 4 rings (SSSR count). The summed E-state index contributed by atoms with van der Waals surface area (Å²) >= 11 is 0. The Labute approximate surface area is 202 Å². The van der Waals surface area contributed by atoms with Crippen molar-refractivity contribution in [2.75, 3.05) is 30.8 Å². The number of rotatable bonds is 10. The van der Waals surface area contributed by atoms with Crippen LogP contribution in [-0.2, 0) is 21.5 Å². The van der Waals surface area contributed by atoms with Crippen LogP contribution < -0.4 is 5.32 Å². The smallest absolute Gasteiger partial charge is 0.213 e. The number of hydrogen-bond donors (Lipinski definition) is 1. The summed E-state index contributed by atoms with van der Waals surface area (Å²) in [6.45, 7) is 10.9. The van der Waals surface area contributed by atoms with Gasteiger partial charge in [0.15, 0.2) is 5.65 Å². The average molecular weight is 503 g/mol. The van der Waals surface area contributed by atoms with Gasteiger partial charge in [-0.15, -0.1) is 0 Å². The van der Waals surface area contributed by atoms with E-state index in [9.17, 15) is 8.42 Å². The molecular weight excluding hydrogens is 468 g/mol. The van der Waals surface area contributed by atoms with Gasteiger partial charge in [0.25, 0.3) is 0 Å². The molecule has 1 N–H and O–H groups in total. The van der Waals surface area contributed by atoms with Crippen LogP contribution in [0.5, 0.6) is 0 Å². The van der Waals surface area contributed by atoms with Crippen molar-refractivity contribution in [3.63, 3.8) is 0 Å². The first-order chi connectivity index (χ1) is 16.2. The predicted molar refractivity (Wildman–Crippen MR) is 138 cm³/mol. The maximum atomic E-state index is 12.2. The number of anilines is 1. The maximum absolute atomic E-state index is 12.2. The molecule has 0 unspecified atom stereocenters. The van der Waals surface area contributed by atoms with Gasteiger partial charge in [-0.05, 0) is 37.6 Å². The van der Waals surface area contributed by atoms with Crippen molar-refractivity contribution in [2.45, 2.75) is 51.8 Å². The molecule has 0 spiro atoms. The molecule has 4 heterocycles. The number of hydrogen-bond acceptors (Lipinski definition) is 7. The molecule has 1 aliphatic rings. The SMILES string of the molecule is CCS(=O)(=O)N1CC[C@@H](Nc2ncccc2-c2cnc3c(ccn3COCC[Si](C)(C)C)n2)C1. The number of sulfonamides is 1. The van der Waals surface area contributed by atoms with Gasteiger partial charge in [-0.1, -0.05) is 19.6 Å². The highest BCUT2D eigenvalue weighted by Crippen LogP contribution is 2.28. The summed E-state index contributed by atoms with van der Waals surface area (Å²) in [7, 11) is -4.30. The summed E-state index contributed by atoms with van der Waals surface area (Å²) in [6, 6.07) is 6.90. The predicted octanol–water partition coefficient (Wildman–Crippen LogP) is 3.64. The standard InChI is InChI=1S/C23H34N6O3SSi/c1-5-33(30,31)29-12-8-18(16-29)26-22-19(7-6-10-24-22)21-15-25-23-20(27-21)9-11-28(23)17-32-13-14-34(2,3)4/h6-7,9-11,15,18H,5,8,12-14,16-17H2,1-4H3,(H,24,26)/t18-/m1/s1. The van der Waals surface area contributed by atoms with Crippen LogP contribution in [0.25, 0.3) is 22.4 Å². The highest BCUT2D eigenvalue weighted by Gasteiger charge is 2.30. The van der Waals surface area contributed by atoms with Gasteiger partial charge in [-0.25, -0.2) is 23.4 Å². The quantitative estimate of drug-likeness (QED) is 0.333. The van der Waals surface area contributed by atoms with Gasteiger partial charge in [0.2, 0.25) is 10.0 Å². The van der Waals surface area contributed by atoms with Crippen molar-refractivity contribution >= 4 is 35.1 Å². The Kier molecular flexibility index (Phi) is 7.36. The largest absolute Gasteiger partial charge is 0.365 e. The van der Waals surface area contributed by atoms with Crippen LogP contribution in [0.15, 0.2) is 36.8 Å². The number of pyridine rings is 1. The molecule has 0 amide bonds. The van der Waals surface area contributed by atoms with E-state index in [1.807, 2.05) is 29.0 Å². The van der Waals surface area contributed by atoms with Crippen LogP contribution in [-0.4, -0.2) is 71.8 Å². The van der Waals surface area contributed by atoms with Crippen LogP contribution in [0.1, 0.15) is 13.3 Å². The van der Waals surface area contributed by atoms with E-state index in [0.29, 0.717) is 25.6 Å². The summed E-state index contributed by atoms with van der Waals surface area (Å²) in [6.07, 6.45) is 6.17. The molecule has 3 aromatic heterocycles. The van der Waals surface area contributed by atoms with E-state index in [-0.39, 0.29) is 11.8 Å². The zero-order chi connectivity index (χ0) is 24.3. The van der Waals surface area contributed by atoms with Gasteiger partial charge in [0.05, 0.1) is 17.6 Å². The molecule has 0 aliphatic carbocycles. The van der Waals surface area contributed by atoms with Crippen molar-refractivity contribution in [1.29, 1.82) is 0 Å². The Morgan fingerprint density at radius 3 is 2.82 bits per heavy atom. The molecule has 1 fully saturated rings. The van der Waals surface area contributed by atoms with Gasteiger partial charge < -0.3 is 14.6 Å². The van der Waals surface area contributed by atoms with Crippen molar-refractivity contribution in [2.24, 2.45) is 0 Å². The Morgan fingerprint density at radius 2 is 2.06 bits per heavy atom. The molecule has 0 bridgehead atoms. The first-order valence-electron chi connectivity index (χ1n) is 11.8. The van der Waals surface area contributed by atoms with E-state index in [1.54, 1.807) is 23.6 Å². The highest BCUT2D eigenvalue weighted by molar-refractivity contribution is 7.89. The molecule has 0 aromatic carbocycles. The van der Waals surface area contributed by atoms with E-state index in [0.717, 1.165) is 41.5 Å². The van der Waals surface area contributed by atoms with Crippen LogP contribution in [0.4, 0.5) is 5.82 Å². The number of nitrogens with zero attached hydrogens (tertiary/aromatic N) is 5. The van der Waals surface area contributed by atoms with Crippen molar-refractivity contribution in [3.8, 4) is 11.3 Å². The minimum Gasteiger partial charge on any atom is -0.365 e. The van der Waals surface area contributed by atoms with Crippen molar-refractivity contribution in [1.82, 2.24) is 23.8 Å². The summed E-state index contributed by atoms with van der Waals surface area (Å²) < 4.78 is 33.8. The molecule has 9 nitrogen and oxygen atoms in total. The molecule has 0 radical (unpaired) electrons. The molecule has 1 atom stereocenters. The Balaban J connectivity index is 1.48. The highest BCUT2D eigenvalue weighted by atomic mass is 32.2. The van der Waals surface area contributed by atoms with E-state index in [1.165, 1.54) is 0 Å². The van der Waals surface area contributed by atoms with Gasteiger partial charge >= 0.3 is 0 Å². The van der Waals surface area contributed by atoms with E-state index >= 15 is 0 Å². The molecule has 34 heavy (non-hydrogen) atoms. The first kappa shape index (κ1) is 24.8. The van der Waals surface area contributed by atoms with E-state index in [2.05, 4.69) is 34.9 Å². The van der Waals surface area contributed by atoms with Gasteiger partial charge in [0, 0.05) is 51.8 Å². The third kappa shape index (κ3) is 5.83. The van der Waals surface area contributed by atoms with Crippen LogP contribution >= 0.6 is 0 Å². The number of ether oxygens (including phenoxy) is 1. The lowest BCUT2D eigenvalue weighted by atomic mass is 10.1. The third-order valence-electron chi connectivity index (χ3n) is 6.02. The average Bonchev–Trinajstić information content (AvgIpc) is 3.44. The Morgan fingerprint density at radius 1 is 1.24 bits per heavy atom. The van der Waals surface area contributed by atoms with E-state index in [4.69, 9.17) is 9.72 Å². The topological polar surface area (TPSA) is 102 Å². The molecule has 1 saturated heterocycles. The normalized spacial score (nSPS) is 17.5. The molecule has 3 aromatic rings. The fourth-order valence-corrected chi connectivity index (χ4v) is 5.85. The second kappa shape index (κ2) is 10.1. The van der Waals surface area contributed by atoms with Crippen LogP contribution in [0, 0.1) is 0 Å². The lowest BCUT2D eigenvalue weighted by molar-refractivity contribution is 0.0899. The van der Waals surface area contributed by atoms with Crippen LogP contribution in [0.2, 0.25) is 25.7 Å². The lowest BCUT2D eigenvalue weighted by Gasteiger charge is -2.18.